The Labute approximate surface area is 92.4 Å². The predicted molar refractivity (Wildman–Crippen MR) is 64.3 cm³/mol. The molecule has 0 heterocycles. The van der Waals surface area contributed by atoms with Crippen molar-refractivity contribution in [3.63, 3.8) is 0 Å². The van der Waals surface area contributed by atoms with Crippen LogP contribution < -0.4 is 10.5 Å². The van der Waals surface area contributed by atoms with Gasteiger partial charge < -0.3 is 10.5 Å². The van der Waals surface area contributed by atoms with E-state index in [-0.39, 0.29) is 11.5 Å². The molecule has 2 nitrogen and oxygen atoms in total. The van der Waals surface area contributed by atoms with Crippen LogP contribution in [0.1, 0.15) is 33.3 Å². The molecule has 0 amide bonds. The SMILES string of the molecule is C[C@@H](N)COc1ccc(C(C)(C)C)cc1. The van der Waals surface area contributed by atoms with E-state index in [1.807, 2.05) is 19.1 Å². The van der Waals surface area contributed by atoms with Gasteiger partial charge >= 0.3 is 0 Å². The van der Waals surface area contributed by atoms with Crippen LogP contribution in [0, 0.1) is 0 Å². The maximum atomic E-state index is 5.61. The molecular weight excluding hydrogens is 186 g/mol. The molecule has 0 aromatic heterocycles. The largest absolute Gasteiger partial charge is 0.492 e. The smallest absolute Gasteiger partial charge is 0.119 e. The number of rotatable bonds is 3. The molecule has 0 aliphatic carbocycles. The van der Waals surface area contributed by atoms with Crippen molar-refractivity contribution in [2.45, 2.75) is 39.2 Å². The summed E-state index contributed by atoms with van der Waals surface area (Å²) in [5.74, 6) is 0.889. The van der Waals surface area contributed by atoms with Gasteiger partial charge in [-0.05, 0) is 30.0 Å². The molecule has 15 heavy (non-hydrogen) atoms. The van der Waals surface area contributed by atoms with Crippen molar-refractivity contribution in [3.8, 4) is 5.75 Å². The quantitative estimate of drug-likeness (QED) is 0.827. The zero-order valence-electron chi connectivity index (χ0n) is 10.1. The third-order valence-electron chi connectivity index (χ3n) is 2.23. The van der Waals surface area contributed by atoms with Gasteiger partial charge in [0.15, 0.2) is 0 Å². The third kappa shape index (κ3) is 3.92. The summed E-state index contributed by atoms with van der Waals surface area (Å²) in [5, 5.41) is 0. The lowest BCUT2D eigenvalue weighted by Crippen LogP contribution is -2.23. The summed E-state index contributed by atoms with van der Waals surface area (Å²) in [5.41, 5.74) is 7.12. The van der Waals surface area contributed by atoms with E-state index in [4.69, 9.17) is 10.5 Å². The van der Waals surface area contributed by atoms with Crippen LogP contribution >= 0.6 is 0 Å². The highest BCUT2D eigenvalue weighted by atomic mass is 16.5. The van der Waals surface area contributed by atoms with Crippen LogP contribution in [0.4, 0.5) is 0 Å². The van der Waals surface area contributed by atoms with Crippen molar-refractivity contribution >= 4 is 0 Å². The predicted octanol–water partition coefficient (Wildman–Crippen LogP) is 2.71. The Balaban J connectivity index is 2.65. The Bertz CT molecular complexity index is 295. The van der Waals surface area contributed by atoms with Crippen molar-refractivity contribution < 1.29 is 4.74 Å². The molecule has 0 fully saturated rings. The first-order valence-electron chi connectivity index (χ1n) is 5.38. The summed E-state index contributed by atoms with van der Waals surface area (Å²) in [6, 6.07) is 8.30. The van der Waals surface area contributed by atoms with Gasteiger partial charge in [-0.15, -0.1) is 0 Å². The fourth-order valence-corrected chi connectivity index (χ4v) is 1.28. The van der Waals surface area contributed by atoms with Gasteiger partial charge in [0.25, 0.3) is 0 Å². The van der Waals surface area contributed by atoms with Crippen LogP contribution in [0.15, 0.2) is 24.3 Å². The molecule has 1 aromatic rings. The second-order valence-electron chi connectivity index (χ2n) is 5.06. The second kappa shape index (κ2) is 4.67. The molecule has 2 N–H and O–H groups in total. The van der Waals surface area contributed by atoms with Crippen molar-refractivity contribution in [2.24, 2.45) is 5.73 Å². The molecule has 0 bridgehead atoms. The molecule has 0 saturated heterocycles. The van der Waals surface area contributed by atoms with Gasteiger partial charge in [-0.3, -0.25) is 0 Å². The van der Waals surface area contributed by atoms with Crippen LogP contribution in [0.2, 0.25) is 0 Å². The average molecular weight is 207 g/mol. The molecule has 0 saturated carbocycles. The van der Waals surface area contributed by atoms with Crippen LogP contribution in [-0.2, 0) is 5.41 Å². The van der Waals surface area contributed by atoms with Gasteiger partial charge in [0.2, 0.25) is 0 Å². The lowest BCUT2D eigenvalue weighted by molar-refractivity contribution is 0.296. The fourth-order valence-electron chi connectivity index (χ4n) is 1.28. The molecule has 0 aliphatic heterocycles. The van der Waals surface area contributed by atoms with Crippen molar-refractivity contribution in [2.75, 3.05) is 6.61 Å². The highest BCUT2D eigenvalue weighted by Gasteiger charge is 2.12. The van der Waals surface area contributed by atoms with E-state index in [1.165, 1.54) is 5.56 Å². The van der Waals surface area contributed by atoms with E-state index in [0.717, 1.165) is 5.75 Å². The molecule has 0 spiro atoms. The topological polar surface area (TPSA) is 35.2 Å². The molecular formula is C13H21NO. The first-order chi connectivity index (χ1) is 6.89. The normalized spacial score (nSPS) is 13.7. The Hall–Kier alpha value is -1.02. The number of ether oxygens (including phenoxy) is 1. The summed E-state index contributed by atoms with van der Waals surface area (Å²) in [4.78, 5) is 0. The highest BCUT2D eigenvalue weighted by Crippen LogP contribution is 2.24. The van der Waals surface area contributed by atoms with E-state index in [0.29, 0.717) is 6.61 Å². The maximum Gasteiger partial charge on any atom is 0.119 e. The maximum absolute atomic E-state index is 5.61. The Morgan fingerprint density at radius 2 is 1.73 bits per heavy atom. The fraction of sp³-hybridized carbons (Fsp3) is 0.538. The van der Waals surface area contributed by atoms with Gasteiger partial charge in [0.1, 0.15) is 12.4 Å². The zero-order chi connectivity index (χ0) is 11.5. The minimum atomic E-state index is 0.0762. The van der Waals surface area contributed by atoms with E-state index in [1.54, 1.807) is 0 Å². The minimum Gasteiger partial charge on any atom is -0.492 e. The van der Waals surface area contributed by atoms with Crippen LogP contribution in [0.3, 0.4) is 0 Å². The Morgan fingerprint density at radius 3 is 2.13 bits per heavy atom. The molecule has 0 unspecified atom stereocenters. The first-order valence-corrected chi connectivity index (χ1v) is 5.38. The van der Waals surface area contributed by atoms with Crippen molar-refractivity contribution in [1.82, 2.24) is 0 Å². The van der Waals surface area contributed by atoms with Gasteiger partial charge in [-0.25, -0.2) is 0 Å². The molecule has 0 aliphatic rings. The van der Waals surface area contributed by atoms with Gasteiger partial charge in [0, 0.05) is 6.04 Å². The number of hydrogen-bond donors (Lipinski definition) is 1. The Morgan fingerprint density at radius 1 is 1.20 bits per heavy atom. The summed E-state index contributed by atoms with van der Waals surface area (Å²) in [6.45, 7) is 9.10. The average Bonchev–Trinajstić information content (AvgIpc) is 2.14. The highest BCUT2D eigenvalue weighted by molar-refractivity contribution is 5.31. The molecule has 1 rings (SSSR count). The van der Waals surface area contributed by atoms with E-state index >= 15 is 0 Å². The third-order valence-corrected chi connectivity index (χ3v) is 2.23. The van der Waals surface area contributed by atoms with E-state index in [9.17, 15) is 0 Å². The van der Waals surface area contributed by atoms with Crippen molar-refractivity contribution in [3.05, 3.63) is 29.8 Å². The molecule has 1 atom stereocenters. The lowest BCUT2D eigenvalue weighted by Gasteiger charge is -2.19. The van der Waals surface area contributed by atoms with E-state index in [2.05, 4.69) is 32.9 Å². The van der Waals surface area contributed by atoms with Crippen molar-refractivity contribution in [1.29, 1.82) is 0 Å². The first kappa shape index (κ1) is 12.1. The monoisotopic (exact) mass is 207 g/mol. The zero-order valence-corrected chi connectivity index (χ0v) is 10.1. The molecule has 84 valence electrons. The number of benzene rings is 1. The van der Waals surface area contributed by atoms with E-state index < -0.39 is 0 Å². The van der Waals surface area contributed by atoms with Gasteiger partial charge in [-0.1, -0.05) is 32.9 Å². The van der Waals surface area contributed by atoms with Crippen LogP contribution in [0.25, 0.3) is 0 Å². The van der Waals surface area contributed by atoms with Crippen LogP contribution in [-0.4, -0.2) is 12.6 Å². The molecule has 2 heteroatoms. The summed E-state index contributed by atoms with van der Waals surface area (Å²) >= 11 is 0. The summed E-state index contributed by atoms with van der Waals surface area (Å²) < 4.78 is 5.51. The van der Waals surface area contributed by atoms with Gasteiger partial charge in [0.05, 0.1) is 0 Å². The lowest BCUT2D eigenvalue weighted by atomic mass is 9.87. The summed E-state index contributed by atoms with van der Waals surface area (Å²) in [7, 11) is 0. The van der Waals surface area contributed by atoms with Gasteiger partial charge in [-0.2, -0.15) is 0 Å². The Kier molecular flexibility index (Phi) is 3.75. The molecule has 1 aromatic carbocycles. The molecule has 0 radical (unpaired) electrons. The second-order valence-corrected chi connectivity index (χ2v) is 5.06. The summed E-state index contributed by atoms with van der Waals surface area (Å²) in [6.07, 6.45) is 0. The standard InChI is InChI=1S/C13H21NO/c1-10(14)9-15-12-7-5-11(6-8-12)13(2,3)4/h5-8,10H,9,14H2,1-4H3/t10-/m1/s1. The number of nitrogens with two attached hydrogens (primary N) is 1. The van der Waals surface area contributed by atoms with Crippen LogP contribution in [0.5, 0.6) is 5.75 Å². The minimum absolute atomic E-state index is 0.0762. The number of hydrogen-bond acceptors (Lipinski definition) is 2.